The summed E-state index contributed by atoms with van der Waals surface area (Å²) >= 11 is 2.09. The predicted octanol–water partition coefficient (Wildman–Crippen LogP) is 3.13. The van der Waals surface area contributed by atoms with Crippen LogP contribution in [0.25, 0.3) is 0 Å². The third-order valence-corrected chi connectivity index (χ3v) is 4.82. The summed E-state index contributed by atoms with van der Waals surface area (Å²) in [5, 5.41) is 0. The fourth-order valence-corrected chi connectivity index (χ4v) is 2.66. The molecule has 1 aliphatic heterocycles. The van der Waals surface area contributed by atoms with Crippen LogP contribution in [-0.2, 0) is 9.31 Å². The van der Waals surface area contributed by atoms with Crippen LogP contribution in [0, 0.1) is 9.39 Å². The Labute approximate surface area is 133 Å². The highest BCUT2D eigenvalue weighted by Crippen LogP contribution is 2.37. The minimum atomic E-state index is -0.715. The Hall–Kier alpha value is -0.335. The van der Waals surface area contributed by atoms with Crippen LogP contribution in [-0.4, -0.2) is 24.9 Å². The minimum Gasteiger partial charge on any atom is -0.491 e. The van der Waals surface area contributed by atoms with Crippen molar-refractivity contribution < 1.29 is 18.4 Å². The highest BCUT2D eigenvalue weighted by atomic mass is 127. The maximum absolute atomic E-state index is 14.6. The van der Waals surface area contributed by atoms with Gasteiger partial charge in [0.15, 0.2) is 11.6 Å². The van der Waals surface area contributed by atoms with Crippen LogP contribution in [0.1, 0.15) is 34.6 Å². The summed E-state index contributed by atoms with van der Waals surface area (Å²) in [7, 11) is -0.715. The van der Waals surface area contributed by atoms with E-state index in [1.807, 2.05) is 40.7 Å². The van der Waals surface area contributed by atoms with Crippen molar-refractivity contribution in [2.24, 2.45) is 0 Å². The van der Waals surface area contributed by atoms with E-state index < -0.39 is 24.1 Å². The molecule has 1 fully saturated rings. The molecule has 1 aromatic carbocycles. The molecule has 0 spiro atoms. The van der Waals surface area contributed by atoms with E-state index >= 15 is 0 Å². The van der Waals surface area contributed by atoms with E-state index in [9.17, 15) is 4.39 Å². The van der Waals surface area contributed by atoms with E-state index in [0.29, 0.717) is 12.1 Å². The zero-order chi connectivity index (χ0) is 15.1. The molecule has 1 aliphatic rings. The van der Waals surface area contributed by atoms with Gasteiger partial charge in [-0.3, -0.25) is 0 Å². The van der Waals surface area contributed by atoms with Crippen molar-refractivity contribution in [1.82, 2.24) is 0 Å². The summed E-state index contributed by atoms with van der Waals surface area (Å²) in [6, 6.07) is 3.45. The second-order valence-electron chi connectivity index (χ2n) is 5.79. The molecule has 20 heavy (non-hydrogen) atoms. The fourth-order valence-electron chi connectivity index (χ4n) is 1.99. The molecule has 0 amide bonds. The van der Waals surface area contributed by atoms with Gasteiger partial charge < -0.3 is 14.0 Å². The molecule has 0 aliphatic carbocycles. The second kappa shape index (κ2) is 5.46. The largest absolute Gasteiger partial charge is 0.499 e. The van der Waals surface area contributed by atoms with Crippen LogP contribution in [0.15, 0.2) is 12.1 Å². The zero-order valence-electron chi connectivity index (χ0n) is 12.4. The van der Waals surface area contributed by atoms with E-state index in [4.69, 9.17) is 14.0 Å². The van der Waals surface area contributed by atoms with E-state index in [2.05, 4.69) is 22.6 Å². The Morgan fingerprint density at radius 2 is 1.75 bits per heavy atom. The quantitative estimate of drug-likeness (QED) is 0.585. The molecular weight excluding hydrogens is 373 g/mol. The Morgan fingerprint density at radius 3 is 2.25 bits per heavy atom. The smallest absolute Gasteiger partial charge is 0.491 e. The number of hydrogen-bond acceptors (Lipinski definition) is 3. The van der Waals surface area contributed by atoms with Gasteiger partial charge in [-0.25, -0.2) is 4.39 Å². The van der Waals surface area contributed by atoms with Crippen molar-refractivity contribution in [2.75, 3.05) is 6.61 Å². The fraction of sp³-hybridized carbons (Fsp3) is 0.571. The second-order valence-corrected chi connectivity index (χ2v) is 6.96. The molecule has 1 saturated heterocycles. The molecule has 0 bridgehead atoms. The van der Waals surface area contributed by atoms with Crippen LogP contribution in [0.2, 0.25) is 0 Å². The third-order valence-electron chi connectivity index (χ3n) is 3.88. The molecule has 0 atom stereocenters. The van der Waals surface area contributed by atoms with Crippen LogP contribution < -0.4 is 10.2 Å². The molecule has 0 radical (unpaired) electrons. The van der Waals surface area contributed by atoms with Crippen molar-refractivity contribution in [3.63, 3.8) is 0 Å². The van der Waals surface area contributed by atoms with E-state index in [0.717, 1.165) is 3.57 Å². The average molecular weight is 392 g/mol. The average Bonchev–Trinajstić information content (AvgIpc) is 2.52. The van der Waals surface area contributed by atoms with Crippen LogP contribution in [0.4, 0.5) is 4.39 Å². The number of rotatable bonds is 3. The molecular formula is C14H19BFIO3. The lowest BCUT2D eigenvalue weighted by Gasteiger charge is -2.32. The van der Waals surface area contributed by atoms with Crippen molar-refractivity contribution in [1.29, 1.82) is 0 Å². The molecule has 1 heterocycles. The molecule has 0 N–H and O–H groups in total. The van der Waals surface area contributed by atoms with Gasteiger partial charge in [0.05, 0.1) is 17.8 Å². The topological polar surface area (TPSA) is 27.7 Å². The van der Waals surface area contributed by atoms with Crippen molar-refractivity contribution in [2.45, 2.75) is 45.8 Å². The lowest BCUT2D eigenvalue weighted by molar-refractivity contribution is 0.00578. The molecule has 0 saturated carbocycles. The standard InChI is InChI=1S/C14H19BFIO3/c1-6-18-10-8-7-9(17)11(12(10)16)15-19-13(2,3)14(4,5)20-15/h7-8H,6H2,1-5H3. The number of ether oxygens (including phenoxy) is 1. The Balaban J connectivity index is 2.42. The normalized spacial score (nSPS) is 20.2. The van der Waals surface area contributed by atoms with Crippen LogP contribution in [0.5, 0.6) is 5.75 Å². The monoisotopic (exact) mass is 392 g/mol. The highest BCUT2D eigenvalue weighted by Gasteiger charge is 2.53. The predicted molar refractivity (Wildman–Crippen MR) is 86.0 cm³/mol. The van der Waals surface area contributed by atoms with Crippen LogP contribution >= 0.6 is 22.6 Å². The minimum absolute atomic E-state index is 0.234. The first-order chi connectivity index (χ1) is 9.19. The van der Waals surface area contributed by atoms with E-state index in [-0.39, 0.29) is 5.75 Å². The SMILES string of the molecule is CCOc1ccc(I)c(B2OC(C)(C)C(C)(C)O2)c1F. The molecule has 0 aromatic heterocycles. The first-order valence-electron chi connectivity index (χ1n) is 6.66. The van der Waals surface area contributed by atoms with Crippen molar-refractivity contribution in [3.8, 4) is 5.75 Å². The van der Waals surface area contributed by atoms with Crippen molar-refractivity contribution >= 4 is 35.2 Å². The Bertz CT molecular complexity index is 503. The van der Waals surface area contributed by atoms with Gasteiger partial charge in [-0.05, 0) is 69.3 Å². The first-order valence-corrected chi connectivity index (χ1v) is 7.74. The molecule has 1 aromatic rings. The summed E-state index contributed by atoms with van der Waals surface area (Å²) < 4.78 is 32.5. The molecule has 6 heteroatoms. The maximum atomic E-state index is 14.6. The number of halogens is 2. The molecule has 0 unspecified atom stereocenters. The van der Waals surface area contributed by atoms with Gasteiger partial charge in [-0.15, -0.1) is 0 Å². The van der Waals surface area contributed by atoms with Gasteiger partial charge >= 0.3 is 7.12 Å². The van der Waals surface area contributed by atoms with Gasteiger partial charge in [0.1, 0.15) is 0 Å². The van der Waals surface area contributed by atoms with Gasteiger partial charge in [0.2, 0.25) is 0 Å². The molecule has 110 valence electrons. The van der Waals surface area contributed by atoms with E-state index in [1.54, 1.807) is 6.07 Å². The van der Waals surface area contributed by atoms with Gasteiger partial charge in [-0.1, -0.05) is 0 Å². The summed E-state index contributed by atoms with van der Waals surface area (Å²) in [4.78, 5) is 0. The maximum Gasteiger partial charge on any atom is 0.499 e. The first kappa shape index (κ1) is 16.0. The molecule has 2 rings (SSSR count). The van der Waals surface area contributed by atoms with Crippen molar-refractivity contribution in [3.05, 3.63) is 21.5 Å². The summed E-state index contributed by atoms with van der Waals surface area (Å²) in [5.74, 6) is -0.171. The lowest BCUT2D eigenvalue weighted by atomic mass is 9.78. The summed E-state index contributed by atoms with van der Waals surface area (Å²) in [5.41, 5.74) is -0.570. The van der Waals surface area contributed by atoms with Gasteiger partial charge in [-0.2, -0.15) is 0 Å². The number of hydrogen-bond donors (Lipinski definition) is 0. The lowest BCUT2D eigenvalue weighted by Crippen LogP contribution is -2.41. The van der Waals surface area contributed by atoms with Gasteiger partial charge in [0, 0.05) is 9.03 Å². The zero-order valence-corrected chi connectivity index (χ0v) is 14.6. The Kier molecular flexibility index (Phi) is 4.38. The van der Waals surface area contributed by atoms with Crippen LogP contribution in [0.3, 0.4) is 0 Å². The summed E-state index contributed by atoms with van der Waals surface area (Å²) in [6.45, 7) is 10.0. The van der Waals surface area contributed by atoms with E-state index in [1.165, 1.54) is 0 Å². The molecule has 3 nitrogen and oxygen atoms in total. The Morgan fingerprint density at radius 1 is 1.20 bits per heavy atom. The summed E-state index contributed by atoms with van der Waals surface area (Å²) in [6.07, 6.45) is 0. The highest BCUT2D eigenvalue weighted by molar-refractivity contribution is 14.1. The van der Waals surface area contributed by atoms with Gasteiger partial charge in [0.25, 0.3) is 0 Å². The third kappa shape index (κ3) is 2.70. The number of benzene rings is 1.